The van der Waals surface area contributed by atoms with Crippen molar-refractivity contribution < 1.29 is 9.59 Å². The molecule has 4 aromatic heterocycles. The molecule has 6 aromatic rings. The number of hydrogen-bond donors (Lipinski definition) is 5. The molecule has 0 saturated heterocycles. The van der Waals surface area contributed by atoms with Gasteiger partial charge in [-0.15, -0.1) is 0 Å². The van der Waals surface area contributed by atoms with Crippen molar-refractivity contribution in [2.24, 2.45) is 18.5 Å². The summed E-state index contributed by atoms with van der Waals surface area (Å²) < 4.78 is 1.88. The van der Waals surface area contributed by atoms with Crippen LogP contribution in [0.4, 0.5) is 11.9 Å². The molecule has 14 heteroatoms. The van der Waals surface area contributed by atoms with Crippen molar-refractivity contribution in [3.63, 3.8) is 0 Å². The molecule has 6 rings (SSSR count). The smallest absolute Gasteiger partial charge is 0.250 e. The molecule has 0 saturated carbocycles. The number of nitrogens with zero attached hydrogens (tertiary/aromatic N) is 5. The van der Waals surface area contributed by atoms with Crippen molar-refractivity contribution in [3.05, 3.63) is 105 Å². The number of carbonyl (C=O) groups excluding carboxylic acids is 2. The number of benzene rings is 2. The van der Waals surface area contributed by atoms with Crippen molar-refractivity contribution in [2.45, 2.75) is 26.7 Å². The number of primary amides is 2. The fraction of sp³-hybridized carbons (Fsp3) is 0.143. The summed E-state index contributed by atoms with van der Waals surface area (Å²) in [6, 6.07) is 18.0. The lowest BCUT2D eigenvalue weighted by molar-refractivity contribution is 0.0992. The summed E-state index contributed by atoms with van der Waals surface area (Å²) >= 11 is 12.3. The minimum atomic E-state index is -0.531. The number of amides is 2. The first-order chi connectivity index (χ1) is 23.4. The summed E-state index contributed by atoms with van der Waals surface area (Å²) in [5.74, 6) is -0.725. The summed E-state index contributed by atoms with van der Waals surface area (Å²) in [7, 11) is 1.86. The zero-order chi connectivity index (χ0) is 35.4. The number of nitrogen functional groups attached to an aromatic ring is 2. The first-order valence-electron chi connectivity index (χ1n) is 15.2. The molecule has 0 radical (unpaired) electrons. The standard InChI is InChI=1S/C18H18ClN5O.C17H16ClN5O/c1-3-10-4-5-11(19)8-12(10)16-13(17(20)25)9-15(24(16)2)14-6-7-22-18(21)23-14;1-2-9-3-4-10(18)7-11(9)15-12(16(19)24)8-14(22-15)13-5-6-21-17(20)23-13/h4-9H,3H2,1-2H3,(H2,20,25)(H2,21,22,23);3-8,22H,2H2,1H3,(H2,19,24)(H2,20,21,23). The van der Waals surface area contributed by atoms with Crippen LogP contribution in [0, 0.1) is 0 Å². The van der Waals surface area contributed by atoms with Gasteiger partial charge in [0.1, 0.15) is 0 Å². The molecule has 49 heavy (non-hydrogen) atoms. The second kappa shape index (κ2) is 14.6. The molecule has 0 fully saturated rings. The van der Waals surface area contributed by atoms with Gasteiger partial charge in [-0.05, 0) is 72.5 Å². The van der Waals surface area contributed by atoms with Crippen LogP contribution in [0.3, 0.4) is 0 Å². The number of aromatic nitrogens is 6. The number of H-pyrrole nitrogens is 1. The molecule has 0 aliphatic heterocycles. The van der Waals surface area contributed by atoms with Crippen molar-refractivity contribution in [2.75, 3.05) is 11.5 Å². The maximum absolute atomic E-state index is 12.1. The van der Waals surface area contributed by atoms with Crippen molar-refractivity contribution in [1.82, 2.24) is 29.5 Å². The van der Waals surface area contributed by atoms with E-state index in [9.17, 15) is 9.59 Å². The second-order valence-corrected chi connectivity index (χ2v) is 11.8. The molecule has 2 aromatic carbocycles. The van der Waals surface area contributed by atoms with Gasteiger partial charge >= 0.3 is 0 Å². The molecule has 0 aliphatic carbocycles. The Labute approximate surface area is 292 Å². The van der Waals surface area contributed by atoms with Crippen LogP contribution < -0.4 is 22.9 Å². The number of nitrogens with one attached hydrogen (secondary N) is 1. The van der Waals surface area contributed by atoms with Gasteiger partial charge in [0.2, 0.25) is 11.9 Å². The third-order valence-electron chi connectivity index (χ3n) is 7.90. The number of carbonyl (C=O) groups is 2. The van der Waals surface area contributed by atoms with E-state index in [0.717, 1.165) is 40.8 Å². The van der Waals surface area contributed by atoms with Gasteiger partial charge in [-0.1, -0.05) is 49.2 Å². The monoisotopic (exact) mass is 696 g/mol. The zero-order valence-corrected chi connectivity index (χ0v) is 28.5. The van der Waals surface area contributed by atoms with Crippen LogP contribution >= 0.6 is 23.2 Å². The minimum absolute atomic E-state index is 0.154. The Kier molecular flexibility index (Phi) is 10.3. The van der Waals surface area contributed by atoms with Crippen LogP contribution in [0.2, 0.25) is 10.0 Å². The van der Waals surface area contributed by atoms with Crippen LogP contribution in [-0.2, 0) is 19.9 Å². The lowest BCUT2D eigenvalue weighted by Crippen LogP contribution is -2.12. The maximum Gasteiger partial charge on any atom is 0.250 e. The summed E-state index contributed by atoms with van der Waals surface area (Å²) in [5, 5.41) is 1.18. The largest absolute Gasteiger partial charge is 0.368 e. The molecule has 0 atom stereocenters. The lowest BCUT2D eigenvalue weighted by Gasteiger charge is -2.13. The van der Waals surface area contributed by atoms with Crippen LogP contribution in [0.1, 0.15) is 45.7 Å². The Morgan fingerprint density at radius 2 is 1.27 bits per heavy atom. The molecule has 250 valence electrons. The van der Waals surface area contributed by atoms with E-state index < -0.39 is 11.8 Å². The lowest BCUT2D eigenvalue weighted by atomic mass is 9.99. The average molecular weight is 698 g/mol. The predicted octanol–water partition coefficient (Wildman–Crippen LogP) is 6.08. The van der Waals surface area contributed by atoms with Gasteiger partial charge in [-0.3, -0.25) is 9.59 Å². The van der Waals surface area contributed by atoms with E-state index >= 15 is 0 Å². The average Bonchev–Trinajstić information content (AvgIpc) is 3.67. The highest BCUT2D eigenvalue weighted by Crippen LogP contribution is 2.35. The summed E-state index contributed by atoms with van der Waals surface area (Å²) in [5.41, 5.74) is 31.0. The Bertz CT molecular complexity index is 2190. The van der Waals surface area contributed by atoms with E-state index in [2.05, 4.69) is 24.9 Å². The molecule has 0 aliphatic rings. The highest BCUT2D eigenvalue weighted by molar-refractivity contribution is 6.31. The molecule has 0 bridgehead atoms. The van der Waals surface area contributed by atoms with E-state index in [1.165, 1.54) is 0 Å². The van der Waals surface area contributed by atoms with Gasteiger partial charge in [-0.2, -0.15) is 0 Å². The van der Waals surface area contributed by atoms with Gasteiger partial charge in [0.25, 0.3) is 11.8 Å². The molecular formula is C35H34Cl2N10O2. The molecular weight excluding hydrogens is 663 g/mol. The van der Waals surface area contributed by atoms with Crippen LogP contribution in [0.15, 0.2) is 73.1 Å². The molecule has 9 N–H and O–H groups in total. The molecule has 12 nitrogen and oxygen atoms in total. The maximum atomic E-state index is 12.1. The summed E-state index contributed by atoms with van der Waals surface area (Å²) in [6.45, 7) is 4.08. The van der Waals surface area contributed by atoms with E-state index in [-0.39, 0.29) is 11.9 Å². The number of rotatable bonds is 8. The van der Waals surface area contributed by atoms with Crippen LogP contribution in [0.5, 0.6) is 0 Å². The molecule has 4 heterocycles. The van der Waals surface area contributed by atoms with E-state index in [1.54, 1.807) is 36.7 Å². The Morgan fingerprint density at radius 3 is 1.82 bits per heavy atom. The second-order valence-electron chi connectivity index (χ2n) is 11.0. The molecule has 0 spiro atoms. The topological polar surface area (TPSA) is 211 Å². The first kappa shape index (κ1) is 34.6. The molecule has 0 unspecified atom stereocenters. The van der Waals surface area contributed by atoms with Crippen molar-refractivity contribution in [3.8, 4) is 45.3 Å². The van der Waals surface area contributed by atoms with E-state index in [0.29, 0.717) is 49.6 Å². The van der Waals surface area contributed by atoms with Crippen molar-refractivity contribution >= 4 is 46.9 Å². The number of nitrogens with two attached hydrogens (primary N) is 4. The fourth-order valence-electron chi connectivity index (χ4n) is 5.57. The van der Waals surface area contributed by atoms with Gasteiger partial charge in [-0.25, -0.2) is 19.9 Å². The predicted molar refractivity (Wildman–Crippen MR) is 194 cm³/mol. The minimum Gasteiger partial charge on any atom is -0.368 e. The highest BCUT2D eigenvalue weighted by Gasteiger charge is 2.22. The van der Waals surface area contributed by atoms with Gasteiger partial charge in [0, 0.05) is 40.6 Å². The fourth-order valence-corrected chi connectivity index (χ4v) is 5.91. The Morgan fingerprint density at radius 1 is 0.735 bits per heavy atom. The summed E-state index contributed by atoms with van der Waals surface area (Å²) in [4.78, 5) is 43.4. The van der Waals surface area contributed by atoms with Crippen molar-refractivity contribution in [1.29, 1.82) is 0 Å². The Hall–Kier alpha value is -5.72. The third-order valence-corrected chi connectivity index (χ3v) is 8.37. The number of anilines is 2. The highest BCUT2D eigenvalue weighted by atomic mass is 35.5. The van der Waals surface area contributed by atoms with Crippen LogP contribution in [0.25, 0.3) is 45.3 Å². The molecule has 2 amide bonds. The number of aromatic amines is 1. The van der Waals surface area contributed by atoms with E-state index in [4.69, 9.17) is 46.1 Å². The normalized spacial score (nSPS) is 10.8. The zero-order valence-electron chi connectivity index (χ0n) is 27.0. The summed E-state index contributed by atoms with van der Waals surface area (Å²) in [6.07, 6.45) is 4.72. The van der Waals surface area contributed by atoms with Crippen LogP contribution in [-0.4, -0.2) is 41.3 Å². The van der Waals surface area contributed by atoms with Gasteiger partial charge in [0.05, 0.1) is 45.3 Å². The van der Waals surface area contributed by atoms with E-state index in [1.807, 2.05) is 61.9 Å². The number of halogens is 2. The SMILES string of the molecule is CCc1ccc(Cl)cc1-c1[nH]c(-c2ccnc(N)n2)cc1C(N)=O.CCc1ccc(Cl)cc1-c1c(C(N)=O)cc(-c2ccnc(N)n2)n1C. The quantitative estimate of drug-likeness (QED) is 0.125. The first-order valence-corrected chi connectivity index (χ1v) is 15.9. The number of hydrogen-bond acceptors (Lipinski definition) is 8. The van der Waals surface area contributed by atoms with Gasteiger partial charge in [0.15, 0.2) is 0 Å². The Balaban J connectivity index is 0.000000191. The number of aryl methyl sites for hydroxylation is 2. The third kappa shape index (κ3) is 7.40. The van der Waals surface area contributed by atoms with Gasteiger partial charge < -0.3 is 32.5 Å².